The van der Waals surface area contributed by atoms with E-state index in [1.807, 2.05) is 18.2 Å². The summed E-state index contributed by atoms with van der Waals surface area (Å²) >= 11 is 0. The van der Waals surface area contributed by atoms with Gasteiger partial charge in [-0.1, -0.05) is 12.1 Å². The summed E-state index contributed by atoms with van der Waals surface area (Å²) in [6, 6.07) is 5.54. The van der Waals surface area contributed by atoms with Gasteiger partial charge in [-0.25, -0.2) is 0 Å². The number of amides is 2. The highest BCUT2D eigenvalue weighted by atomic mass is 35.5. The van der Waals surface area contributed by atoms with Crippen LogP contribution < -0.4 is 20.7 Å². The predicted molar refractivity (Wildman–Crippen MR) is 93.4 cm³/mol. The Morgan fingerprint density at radius 1 is 1.33 bits per heavy atom. The van der Waals surface area contributed by atoms with Crippen LogP contribution in [0.3, 0.4) is 0 Å². The molecular weight excluding hydrogens is 332 g/mol. The van der Waals surface area contributed by atoms with Gasteiger partial charge in [-0.15, -0.1) is 12.4 Å². The monoisotopic (exact) mass is 350 g/mol. The molecule has 2 aliphatic heterocycles. The van der Waals surface area contributed by atoms with E-state index in [9.17, 15) is 9.59 Å². The third-order valence-corrected chi connectivity index (χ3v) is 3.88. The van der Waals surface area contributed by atoms with Crippen LogP contribution in [-0.4, -0.2) is 30.9 Å². The fraction of sp³-hybridized carbons (Fsp3) is 0.312. The molecule has 1 fully saturated rings. The van der Waals surface area contributed by atoms with Crippen molar-refractivity contribution < 1.29 is 14.3 Å². The van der Waals surface area contributed by atoms with Crippen LogP contribution in [0.1, 0.15) is 24.8 Å². The summed E-state index contributed by atoms with van der Waals surface area (Å²) in [4.78, 5) is 25.8. The molecule has 1 aromatic rings. The van der Waals surface area contributed by atoms with E-state index < -0.39 is 11.9 Å². The van der Waals surface area contributed by atoms with E-state index in [4.69, 9.17) is 15.9 Å². The standard InChI is InChI=1S/C16H18N4O3.ClH/c17-16(18)19-15(22)11-6-8-23-14-10(9-11)3-1-4-12(14)20-7-2-5-13(20)21;/h1,3-4,9H,2,5-8H2,(H4,17,18,19,22);1H. The van der Waals surface area contributed by atoms with E-state index in [2.05, 4.69) is 5.32 Å². The van der Waals surface area contributed by atoms with Crippen molar-refractivity contribution >= 4 is 41.9 Å². The molecule has 7 nitrogen and oxygen atoms in total. The van der Waals surface area contributed by atoms with Gasteiger partial charge in [-0.2, -0.15) is 0 Å². The van der Waals surface area contributed by atoms with Gasteiger partial charge in [0.1, 0.15) is 5.75 Å². The number of hydrogen-bond acceptors (Lipinski definition) is 4. The summed E-state index contributed by atoms with van der Waals surface area (Å²) in [5, 5.41) is 9.44. The van der Waals surface area contributed by atoms with Crippen molar-refractivity contribution in [2.45, 2.75) is 19.3 Å². The molecule has 0 saturated carbocycles. The lowest BCUT2D eigenvalue weighted by atomic mass is 10.1. The molecule has 2 heterocycles. The minimum atomic E-state index is -0.406. The van der Waals surface area contributed by atoms with Crippen LogP contribution in [0.4, 0.5) is 5.69 Å². The maximum atomic E-state index is 12.0. The number of ether oxygens (including phenoxy) is 1. The molecule has 1 aromatic carbocycles. The molecule has 0 unspecified atom stereocenters. The number of benzene rings is 1. The van der Waals surface area contributed by atoms with Crippen LogP contribution >= 0.6 is 12.4 Å². The first-order valence-corrected chi connectivity index (χ1v) is 7.48. The average molecular weight is 351 g/mol. The van der Waals surface area contributed by atoms with Gasteiger partial charge in [-0.3, -0.25) is 20.3 Å². The number of nitrogens with one attached hydrogen (secondary N) is 2. The lowest BCUT2D eigenvalue weighted by molar-refractivity contribution is -0.117. The summed E-state index contributed by atoms with van der Waals surface area (Å²) in [6.07, 6.45) is 3.52. The van der Waals surface area contributed by atoms with E-state index in [1.54, 1.807) is 11.0 Å². The van der Waals surface area contributed by atoms with Crippen molar-refractivity contribution in [1.29, 1.82) is 5.41 Å². The summed E-state index contributed by atoms with van der Waals surface area (Å²) < 4.78 is 5.81. The highest BCUT2D eigenvalue weighted by Crippen LogP contribution is 2.37. The van der Waals surface area contributed by atoms with E-state index >= 15 is 0 Å². The quantitative estimate of drug-likeness (QED) is 0.553. The summed E-state index contributed by atoms with van der Waals surface area (Å²) in [5.41, 5.74) is 7.18. The van der Waals surface area contributed by atoms with Crippen molar-refractivity contribution in [3.8, 4) is 5.75 Å². The molecule has 2 amide bonds. The molecule has 8 heteroatoms. The number of hydrogen-bond donors (Lipinski definition) is 3. The first-order chi connectivity index (χ1) is 11.1. The highest BCUT2D eigenvalue weighted by Gasteiger charge is 2.26. The van der Waals surface area contributed by atoms with Gasteiger partial charge in [0.15, 0.2) is 5.96 Å². The molecule has 3 rings (SSSR count). The molecule has 0 aromatic heterocycles. The van der Waals surface area contributed by atoms with Crippen molar-refractivity contribution in [2.75, 3.05) is 18.1 Å². The van der Waals surface area contributed by atoms with Crippen LogP contribution in [-0.2, 0) is 9.59 Å². The molecule has 128 valence electrons. The fourth-order valence-corrected chi connectivity index (χ4v) is 2.83. The maximum Gasteiger partial charge on any atom is 0.254 e. The number of nitrogens with two attached hydrogens (primary N) is 1. The lowest BCUT2D eigenvalue weighted by Crippen LogP contribution is -2.36. The first-order valence-electron chi connectivity index (χ1n) is 7.48. The largest absolute Gasteiger partial charge is 0.490 e. The van der Waals surface area contributed by atoms with Gasteiger partial charge in [-0.05, 0) is 18.6 Å². The first kappa shape index (κ1) is 17.8. The van der Waals surface area contributed by atoms with Crippen LogP contribution in [0.5, 0.6) is 5.75 Å². The Morgan fingerprint density at radius 3 is 2.79 bits per heavy atom. The van der Waals surface area contributed by atoms with Crippen LogP contribution in [0.25, 0.3) is 6.08 Å². The van der Waals surface area contributed by atoms with Crippen molar-refractivity contribution in [2.24, 2.45) is 5.73 Å². The second-order valence-corrected chi connectivity index (χ2v) is 5.48. The topological polar surface area (TPSA) is 109 Å². The number of nitrogens with zero attached hydrogens (tertiary/aromatic N) is 1. The van der Waals surface area contributed by atoms with Crippen LogP contribution in [0.15, 0.2) is 23.8 Å². The summed E-state index contributed by atoms with van der Waals surface area (Å²) in [5.74, 6) is -0.0903. The molecule has 0 bridgehead atoms. The minimum Gasteiger partial charge on any atom is -0.490 e. The van der Waals surface area contributed by atoms with Gasteiger partial charge in [0, 0.05) is 30.5 Å². The molecule has 4 N–H and O–H groups in total. The third-order valence-electron chi connectivity index (χ3n) is 3.88. The molecule has 0 radical (unpaired) electrons. The zero-order valence-corrected chi connectivity index (χ0v) is 13.8. The highest BCUT2D eigenvalue weighted by molar-refractivity contribution is 6.07. The Morgan fingerprint density at radius 2 is 2.12 bits per heavy atom. The molecule has 2 aliphatic rings. The second kappa shape index (κ2) is 7.35. The van der Waals surface area contributed by atoms with Crippen molar-refractivity contribution in [1.82, 2.24) is 5.32 Å². The second-order valence-electron chi connectivity index (χ2n) is 5.48. The Hall–Kier alpha value is -2.54. The van der Waals surface area contributed by atoms with E-state index in [0.717, 1.165) is 17.7 Å². The number of anilines is 1. The van der Waals surface area contributed by atoms with E-state index in [1.165, 1.54) is 0 Å². The van der Waals surface area contributed by atoms with Gasteiger partial charge in [0.05, 0.1) is 12.3 Å². The smallest absolute Gasteiger partial charge is 0.254 e. The summed E-state index contributed by atoms with van der Waals surface area (Å²) in [7, 11) is 0. The fourth-order valence-electron chi connectivity index (χ4n) is 2.83. The molecule has 0 spiro atoms. The third kappa shape index (κ3) is 3.51. The zero-order valence-electron chi connectivity index (χ0n) is 13.0. The number of fused-ring (bicyclic) bond motifs is 1. The van der Waals surface area contributed by atoms with Gasteiger partial charge in [0.25, 0.3) is 5.91 Å². The molecule has 1 saturated heterocycles. The summed E-state index contributed by atoms with van der Waals surface area (Å²) in [6.45, 7) is 1.00. The molecule has 24 heavy (non-hydrogen) atoms. The molecular formula is C16H19ClN4O3. The molecule has 0 aliphatic carbocycles. The number of guanidine groups is 1. The van der Waals surface area contributed by atoms with E-state index in [0.29, 0.717) is 37.3 Å². The SMILES string of the molecule is Cl.N=C(N)NC(=O)C1=Cc2cccc(N3CCCC3=O)c2OCC1. The Labute approximate surface area is 145 Å². The van der Waals surface area contributed by atoms with E-state index in [-0.39, 0.29) is 18.3 Å². The average Bonchev–Trinajstić information content (AvgIpc) is 2.80. The maximum absolute atomic E-state index is 12.0. The Bertz CT molecular complexity index is 717. The lowest BCUT2D eigenvalue weighted by Gasteiger charge is -2.20. The van der Waals surface area contributed by atoms with Gasteiger partial charge >= 0.3 is 0 Å². The van der Waals surface area contributed by atoms with Crippen LogP contribution in [0.2, 0.25) is 0 Å². The zero-order chi connectivity index (χ0) is 16.4. The van der Waals surface area contributed by atoms with Gasteiger partial charge < -0.3 is 15.4 Å². The number of para-hydroxylation sites is 1. The Balaban J connectivity index is 0.00000208. The predicted octanol–water partition coefficient (Wildman–Crippen LogP) is 1.41. The number of halogens is 1. The number of carbonyl (C=O) groups is 2. The van der Waals surface area contributed by atoms with Crippen molar-refractivity contribution in [3.05, 3.63) is 29.3 Å². The van der Waals surface area contributed by atoms with Crippen LogP contribution in [0, 0.1) is 5.41 Å². The number of carbonyl (C=O) groups excluding carboxylic acids is 2. The number of rotatable bonds is 2. The Kier molecular flexibility index (Phi) is 5.46. The normalized spacial score (nSPS) is 16.2. The minimum absolute atomic E-state index is 0. The van der Waals surface area contributed by atoms with Crippen molar-refractivity contribution in [3.63, 3.8) is 0 Å². The molecule has 0 atom stereocenters. The van der Waals surface area contributed by atoms with Gasteiger partial charge in [0.2, 0.25) is 5.91 Å².